The molecule has 0 bridgehead atoms. The fraction of sp³-hybridized carbons (Fsp3) is 0.500. The summed E-state index contributed by atoms with van der Waals surface area (Å²) >= 11 is 1.51. The average molecular weight is 376 g/mol. The molecule has 0 spiro atoms. The van der Waals surface area contributed by atoms with Crippen molar-refractivity contribution in [1.82, 2.24) is 10.2 Å². The SMILES string of the molecule is CC(C)NC(=O)/C=C1\SC2CCCCC2N(Cc2ccccc2F)C1=O. The molecule has 0 aromatic heterocycles. The second-order valence-corrected chi connectivity index (χ2v) is 8.49. The molecule has 2 atom stereocenters. The first kappa shape index (κ1) is 19.0. The first-order valence-corrected chi connectivity index (χ1v) is 10.1. The van der Waals surface area contributed by atoms with Gasteiger partial charge in [-0.05, 0) is 32.8 Å². The van der Waals surface area contributed by atoms with Gasteiger partial charge in [0.15, 0.2) is 0 Å². The molecular weight excluding hydrogens is 351 g/mol. The Morgan fingerprint density at radius 2 is 2.08 bits per heavy atom. The van der Waals surface area contributed by atoms with Crippen LogP contribution in [0.25, 0.3) is 0 Å². The molecule has 26 heavy (non-hydrogen) atoms. The minimum absolute atomic E-state index is 0.0139. The number of carbonyl (C=O) groups excluding carboxylic acids is 2. The van der Waals surface area contributed by atoms with Gasteiger partial charge in [0, 0.05) is 35.5 Å². The van der Waals surface area contributed by atoms with Gasteiger partial charge in [-0.25, -0.2) is 4.39 Å². The number of nitrogens with zero attached hydrogens (tertiary/aromatic N) is 1. The molecule has 1 aliphatic carbocycles. The van der Waals surface area contributed by atoms with Crippen LogP contribution in [0.5, 0.6) is 0 Å². The largest absolute Gasteiger partial charge is 0.350 e. The molecule has 1 aromatic rings. The normalized spacial score (nSPS) is 24.7. The topological polar surface area (TPSA) is 49.4 Å². The Bertz CT molecular complexity index is 720. The predicted octanol–water partition coefficient (Wildman–Crippen LogP) is 3.62. The minimum Gasteiger partial charge on any atom is -0.350 e. The molecule has 2 unspecified atom stereocenters. The molecule has 2 amide bonds. The lowest BCUT2D eigenvalue weighted by atomic mass is 9.92. The van der Waals surface area contributed by atoms with E-state index in [0.29, 0.717) is 10.5 Å². The maximum absolute atomic E-state index is 14.1. The molecule has 1 N–H and O–H groups in total. The van der Waals surface area contributed by atoms with Crippen molar-refractivity contribution in [3.63, 3.8) is 0 Å². The summed E-state index contributed by atoms with van der Waals surface area (Å²) in [6.45, 7) is 4.01. The summed E-state index contributed by atoms with van der Waals surface area (Å²) in [5, 5.41) is 3.07. The first-order chi connectivity index (χ1) is 12.5. The first-order valence-electron chi connectivity index (χ1n) is 9.19. The Morgan fingerprint density at radius 1 is 1.35 bits per heavy atom. The zero-order chi connectivity index (χ0) is 18.7. The van der Waals surface area contributed by atoms with E-state index in [-0.39, 0.29) is 41.5 Å². The molecule has 2 fully saturated rings. The van der Waals surface area contributed by atoms with Crippen molar-refractivity contribution in [3.05, 3.63) is 46.6 Å². The van der Waals surface area contributed by atoms with Crippen LogP contribution in [0.1, 0.15) is 45.1 Å². The van der Waals surface area contributed by atoms with Gasteiger partial charge in [-0.1, -0.05) is 31.0 Å². The number of halogens is 1. The lowest BCUT2D eigenvalue weighted by molar-refractivity contribution is -0.130. The maximum Gasteiger partial charge on any atom is 0.261 e. The Labute approximate surface area is 158 Å². The van der Waals surface area contributed by atoms with Gasteiger partial charge in [-0.3, -0.25) is 9.59 Å². The van der Waals surface area contributed by atoms with Crippen LogP contribution in [0.2, 0.25) is 0 Å². The Morgan fingerprint density at radius 3 is 2.81 bits per heavy atom. The van der Waals surface area contributed by atoms with E-state index in [4.69, 9.17) is 0 Å². The van der Waals surface area contributed by atoms with Gasteiger partial charge in [0.2, 0.25) is 5.91 Å². The van der Waals surface area contributed by atoms with Crippen LogP contribution < -0.4 is 5.32 Å². The van der Waals surface area contributed by atoms with Crippen molar-refractivity contribution in [2.45, 2.75) is 63.4 Å². The van der Waals surface area contributed by atoms with Crippen molar-refractivity contribution in [2.75, 3.05) is 0 Å². The van der Waals surface area contributed by atoms with Crippen molar-refractivity contribution in [3.8, 4) is 0 Å². The number of fused-ring (bicyclic) bond motifs is 1. The fourth-order valence-corrected chi connectivity index (χ4v) is 5.06. The van der Waals surface area contributed by atoms with Gasteiger partial charge in [-0.15, -0.1) is 11.8 Å². The Balaban J connectivity index is 1.86. The Hall–Kier alpha value is -1.82. The molecule has 4 nitrogen and oxygen atoms in total. The van der Waals surface area contributed by atoms with Gasteiger partial charge in [-0.2, -0.15) is 0 Å². The summed E-state index contributed by atoms with van der Waals surface area (Å²) in [7, 11) is 0. The molecular formula is C20H25FN2O2S. The van der Waals surface area contributed by atoms with Gasteiger partial charge in [0.1, 0.15) is 5.82 Å². The van der Waals surface area contributed by atoms with E-state index in [1.54, 1.807) is 23.1 Å². The third-order valence-corrected chi connectivity index (χ3v) is 6.21. The van der Waals surface area contributed by atoms with Crippen LogP contribution in [-0.4, -0.2) is 34.0 Å². The fourth-order valence-electron chi connectivity index (χ4n) is 3.62. The van der Waals surface area contributed by atoms with Crippen molar-refractivity contribution < 1.29 is 14.0 Å². The van der Waals surface area contributed by atoms with Crippen LogP contribution in [0, 0.1) is 5.82 Å². The third kappa shape index (κ3) is 4.29. The summed E-state index contributed by atoms with van der Waals surface area (Å²) in [6.07, 6.45) is 5.56. The summed E-state index contributed by atoms with van der Waals surface area (Å²) in [5.41, 5.74) is 0.517. The monoisotopic (exact) mass is 376 g/mol. The van der Waals surface area contributed by atoms with Crippen molar-refractivity contribution in [2.24, 2.45) is 0 Å². The van der Waals surface area contributed by atoms with Gasteiger partial charge < -0.3 is 10.2 Å². The molecule has 6 heteroatoms. The average Bonchev–Trinajstić information content (AvgIpc) is 2.59. The molecule has 1 saturated heterocycles. The highest BCUT2D eigenvalue weighted by Crippen LogP contribution is 2.42. The number of carbonyl (C=O) groups is 2. The van der Waals surface area contributed by atoms with Crippen LogP contribution in [0.3, 0.4) is 0 Å². The lowest BCUT2D eigenvalue weighted by Gasteiger charge is -2.44. The van der Waals surface area contributed by atoms with E-state index in [2.05, 4.69) is 5.32 Å². The van der Waals surface area contributed by atoms with Crippen molar-refractivity contribution >= 4 is 23.6 Å². The van der Waals surface area contributed by atoms with Crippen LogP contribution in [0.15, 0.2) is 35.2 Å². The van der Waals surface area contributed by atoms with E-state index in [0.717, 1.165) is 25.7 Å². The summed E-state index contributed by atoms with van der Waals surface area (Å²) in [5.74, 6) is -0.717. The van der Waals surface area contributed by atoms with Crippen LogP contribution >= 0.6 is 11.8 Å². The van der Waals surface area contributed by atoms with Crippen LogP contribution in [0.4, 0.5) is 4.39 Å². The maximum atomic E-state index is 14.1. The molecule has 1 aromatic carbocycles. The minimum atomic E-state index is -0.297. The molecule has 140 valence electrons. The highest BCUT2D eigenvalue weighted by Gasteiger charge is 2.40. The van der Waals surface area contributed by atoms with Crippen molar-refractivity contribution in [1.29, 1.82) is 0 Å². The van der Waals surface area contributed by atoms with Gasteiger partial charge >= 0.3 is 0 Å². The molecule has 1 heterocycles. The Kier molecular flexibility index (Phi) is 6.01. The summed E-state index contributed by atoms with van der Waals surface area (Å²) in [4.78, 5) is 27.4. The zero-order valence-electron chi connectivity index (χ0n) is 15.2. The molecule has 0 radical (unpaired) electrons. The second-order valence-electron chi connectivity index (χ2n) is 7.20. The molecule has 3 rings (SSSR count). The highest BCUT2D eigenvalue weighted by molar-refractivity contribution is 8.04. The van der Waals surface area contributed by atoms with E-state index >= 15 is 0 Å². The highest BCUT2D eigenvalue weighted by atomic mass is 32.2. The number of amides is 2. The predicted molar refractivity (Wildman–Crippen MR) is 102 cm³/mol. The number of benzene rings is 1. The lowest BCUT2D eigenvalue weighted by Crippen LogP contribution is -2.51. The number of hydrogen-bond donors (Lipinski definition) is 1. The van der Waals surface area contributed by atoms with E-state index in [1.165, 1.54) is 23.9 Å². The second kappa shape index (κ2) is 8.25. The molecule has 1 aliphatic heterocycles. The van der Waals surface area contributed by atoms with Gasteiger partial charge in [0.05, 0.1) is 4.91 Å². The van der Waals surface area contributed by atoms with Gasteiger partial charge in [0.25, 0.3) is 5.91 Å². The third-order valence-electron chi connectivity index (χ3n) is 4.81. The van der Waals surface area contributed by atoms with E-state index < -0.39 is 0 Å². The zero-order valence-corrected chi connectivity index (χ0v) is 16.0. The number of hydrogen-bond acceptors (Lipinski definition) is 3. The number of nitrogens with one attached hydrogen (secondary N) is 1. The van der Waals surface area contributed by atoms with E-state index in [1.807, 2.05) is 13.8 Å². The molecule has 1 saturated carbocycles. The smallest absolute Gasteiger partial charge is 0.261 e. The number of rotatable bonds is 4. The van der Waals surface area contributed by atoms with Crippen LogP contribution in [-0.2, 0) is 16.1 Å². The molecule has 2 aliphatic rings. The standard InChI is InChI=1S/C20H25FN2O2S/c1-13(2)22-19(24)11-18-20(25)23(12-14-7-3-4-8-15(14)21)16-9-5-6-10-17(16)26-18/h3-4,7-8,11,13,16-17H,5-6,9-10,12H2,1-2H3,(H,22,24)/b18-11-. The summed E-state index contributed by atoms with van der Waals surface area (Å²) < 4.78 is 14.1. The van der Waals surface area contributed by atoms with E-state index in [9.17, 15) is 14.0 Å². The number of thioether (sulfide) groups is 1. The summed E-state index contributed by atoms with van der Waals surface area (Å²) in [6, 6.07) is 6.69. The quantitative estimate of drug-likeness (QED) is 0.817.